The number of hydrogen-bond donors (Lipinski definition) is 2. The molecule has 23 heavy (non-hydrogen) atoms. The van der Waals surface area contributed by atoms with Crippen LogP contribution in [0.25, 0.3) is 11.0 Å². The van der Waals surface area contributed by atoms with Crippen LogP contribution in [0, 0.1) is 0 Å². The molecule has 3 aromatic rings. The molecule has 1 atom stereocenters. The summed E-state index contributed by atoms with van der Waals surface area (Å²) in [5.41, 5.74) is 1.60. The molecule has 0 radical (unpaired) electrons. The van der Waals surface area contributed by atoms with Gasteiger partial charge in [-0.3, -0.25) is 0 Å². The topological polar surface area (TPSA) is 86.0 Å². The molecule has 0 saturated heterocycles. The van der Waals surface area contributed by atoms with E-state index in [2.05, 4.69) is 9.97 Å². The third-order valence-corrected chi connectivity index (χ3v) is 5.92. The fourth-order valence-electron chi connectivity index (χ4n) is 2.49. The number of hydrogen-bond acceptors (Lipinski definition) is 3. The monoisotopic (exact) mass is 331 g/mol. The van der Waals surface area contributed by atoms with Gasteiger partial charge in [0, 0.05) is 13.1 Å². The predicted octanol–water partition coefficient (Wildman–Crippen LogP) is 2.24. The molecule has 1 aromatic heterocycles. The molecule has 3 rings (SSSR count). The maximum absolute atomic E-state index is 12.8. The number of imidazole rings is 1. The van der Waals surface area contributed by atoms with Crippen molar-refractivity contribution in [2.75, 3.05) is 7.05 Å². The van der Waals surface area contributed by atoms with Crippen molar-refractivity contribution in [1.82, 2.24) is 14.3 Å². The lowest BCUT2D eigenvalue weighted by Gasteiger charge is -2.24. The first-order valence-corrected chi connectivity index (χ1v) is 8.58. The Bertz CT molecular complexity index is 990. The molecular formula is C16H17N3O3S. The molecule has 2 aromatic carbocycles. The molecule has 0 amide bonds. The summed E-state index contributed by atoms with van der Waals surface area (Å²) >= 11 is 0. The third kappa shape index (κ3) is 2.80. The summed E-state index contributed by atoms with van der Waals surface area (Å²) in [6.45, 7) is 1.84. The van der Waals surface area contributed by atoms with Crippen LogP contribution in [-0.2, 0) is 10.0 Å². The highest BCUT2D eigenvalue weighted by Crippen LogP contribution is 2.26. The minimum Gasteiger partial charge on any atom is -0.306 e. The number of sulfonamides is 1. The molecule has 0 aliphatic heterocycles. The van der Waals surface area contributed by atoms with Gasteiger partial charge in [0.2, 0.25) is 10.0 Å². The number of benzene rings is 2. The van der Waals surface area contributed by atoms with Crippen LogP contribution >= 0.6 is 0 Å². The Balaban J connectivity index is 2.00. The van der Waals surface area contributed by atoms with Crippen LogP contribution in [-0.4, -0.2) is 29.7 Å². The van der Waals surface area contributed by atoms with Gasteiger partial charge in [0.1, 0.15) is 0 Å². The molecule has 1 heterocycles. The highest BCUT2D eigenvalue weighted by Gasteiger charge is 2.26. The molecule has 0 aliphatic rings. The lowest BCUT2D eigenvalue weighted by atomic mass is 10.1. The van der Waals surface area contributed by atoms with Gasteiger partial charge in [-0.2, -0.15) is 4.31 Å². The van der Waals surface area contributed by atoms with Gasteiger partial charge in [-0.25, -0.2) is 13.2 Å². The van der Waals surface area contributed by atoms with E-state index in [0.29, 0.717) is 11.0 Å². The molecule has 0 bridgehead atoms. The van der Waals surface area contributed by atoms with E-state index in [1.807, 2.05) is 37.3 Å². The molecule has 6 nitrogen and oxygen atoms in total. The zero-order valence-electron chi connectivity index (χ0n) is 12.8. The zero-order chi connectivity index (χ0) is 16.6. The van der Waals surface area contributed by atoms with Gasteiger partial charge in [0.05, 0.1) is 15.9 Å². The Morgan fingerprint density at radius 3 is 2.35 bits per heavy atom. The summed E-state index contributed by atoms with van der Waals surface area (Å²) in [6.07, 6.45) is 0. The van der Waals surface area contributed by atoms with Crippen molar-refractivity contribution in [3.05, 3.63) is 64.6 Å². The second-order valence-corrected chi connectivity index (χ2v) is 7.39. The number of aromatic amines is 2. The van der Waals surface area contributed by atoms with Crippen molar-refractivity contribution in [1.29, 1.82) is 0 Å². The first-order valence-electron chi connectivity index (χ1n) is 7.14. The Morgan fingerprint density at radius 2 is 1.65 bits per heavy atom. The van der Waals surface area contributed by atoms with Crippen LogP contribution in [0.1, 0.15) is 18.5 Å². The minimum absolute atomic E-state index is 0.144. The molecule has 0 saturated carbocycles. The third-order valence-electron chi connectivity index (χ3n) is 3.99. The standard InChI is InChI=1S/C16H17N3O3S/c1-11(12-6-4-3-5-7-12)19(2)23(21,22)13-8-9-14-15(10-13)18-16(20)17-14/h3-11H,1-2H3,(H2,17,18,20)/t11-/m0/s1. The Hall–Kier alpha value is -2.38. The number of nitrogens with zero attached hydrogens (tertiary/aromatic N) is 1. The van der Waals surface area contributed by atoms with E-state index in [1.165, 1.54) is 16.4 Å². The first kappa shape index (κ1) is 15.5. The van der Waals surface area contributed by atoms with Crippen LogP contribution < -0.4 is 5.69 Å². The van der Waals surface area contributed by atoms with Gasteiger partial charge in [0.25, 0.3) is 0 Å². The smallest absolute Gasteiger partial charge is 0.306 e. The van der Waals surface area contributed by atoms with Crippen molar-refractivity contribution in [2.24, 2.45) is 0 Å². The van der Waals surface area contributed by atoms with Crippen molar-refractivity contribution < 1.29 is 8.42 Å². The number of nitrogens with one attached hydrogen (secondary N) is 2. The second kappa shape index (κ2) is 5.68. The number of rotatable bonds is 4. The van der Waals surface area contributed by atoms with Crippen molar-refractivity contribution >= 4 is 21.1 Å². The maximum Gasteiger partial charge on any atom is 0.323 e. The van der Waals surface area contributed by atoms with E-state index in [9.17, 15) is 13.2 Å². The highest BCUT2D eigenvalue weighted by molar-refractivity contribution is 7.89. The average molecular weight is 331 g/mol. The van der Waals surface area contributed by atoms with Gasteiger partial charge in [-0.15, -0.1) is 0 Å². The number of fused-ring (bicyclic) bond motifs is 1. The fourth-order valence-corrected chi connectivity index (χ4v) is 3.87. The van der Waals surface area contributed by atoms with Crippen LogP contribution in [0.3, 0.4) is 0 Å². The lowest BCUT2D eigenvalue weighted by Crippen LogP contribution is -2.29. The SMILES string of the molecule is C[C@@H](c1ccccc1)N(C)S(=O)(=O)c1ccc2[nH]c(=O)[nH]c2c1. The quantitative estimate of drug-likeness (QED) is 0.769. The molecule has 0 spiro atoms. The molecule has 0 fully saturated rings. The van der Waals surface area contributed by atoms with Crippen LogP contribution in [0.4, 0.5) is 0 Å². The van der Waals surface area contributed by atoms with E-state index in [4.69, 9.17) is 0 Å². The Morgan fingerprint density at radius 1 is 1.00 bits per heavy atom. The van der Waals surface area contributed by atoms with E-state index < -0.39 is 10.0 Å². The van der Waals surface area contributed by atoms with Gasteiger partial charge in [-0.05, 0) is 30.7 Å². The number of H-pyrrole nitrogens is 2. The van der Waals surface area contributed by atoms with Gasteiger partial charge in [0.15, 0.2) is 0 Å². The summed E-state index contributed by atoms with van der Waals surface area (Å²) in [5, 5.41) is 0. The second-order valence-electron chi connectivity index (χ2n) is 5.39. The van der Waals surface area contributed by atoms with Crippen molar-refractivity contribution in [3.63, 3.8) is 0 Å². The van der Waals surface area contributed by atoms with Gasteiger partial charge < -0.3 is 9.97 Å². The summed E-state index contributed by atoms with van der Waals surface area (Å²) in [5.74, 6) is 0. The van der Waals surface area contributed by atoms with Crippen molar-refractivity contribution in [3.8, 4) is 0 Å². The Labute approximate surface area is 133 Å². The summed E-state index contributed by atoms with van der Waals surface area (Å²) in [6, 6.07) is 13.7. The van der Waals surface area contributed by atoms with Crippen LogP contribution in [0.2, 0.25) is 0 Å². The number of aromatic nitrogens is 2. The van der Waals surface area contributed by atoms with Crippen molar-refractivity contribution in [2.45, 2.75) is 17.9 Å². The fraction of sp³-hybridized carbons (Fsp3) is 0.188. The van der Waals surface area contributed by atoms with E-state index >= 15 is 0 Å². The molecule has 0 unspecified atom stereocenters. The van der Waals surface area contributed by atoms with Crippen LogP contribution in [0.5, 0.6) is 0 Å². The molecule has 120 valence electrons. The zero-order valence-corrected chi connectivity index (χ0v) is 13.6. The van der Waals surface area contributed by atoms with E-state index in [0.717, 1.165) is 5.56 Å². The van der Waals surface area contributed by atoms with Gasteiger partial charge >= 0.3 is 5.69 Å². The lowest BCUT2D eigenvalue weighted by molar-refractivity contribution is 0.398. The van der Waals surface area contributed by atoms with Crippen LogP contribution in [0.15, 0.2) is 58.2 Å². The molecule has 7 heteroatoms. The average Bonchev–Trinajstić information content (AvgIpc) is 2.93. The van der Waals surface area contributed by atoms with E-state index in [1.54, 1.807) is 13.1 Å². The van der Waals surface area contributed by atoms with Gasteiger partial charge in [-0.1, -0.05) is 30.3 Å². The predicted molar refractivity (Wildman–Crippen MR) is 88.7 cm³/mol. The minimum atomic E-state index is -3.67. The summed E-state index contributed by atoms with van der Waals surface area (Å²) < 4.78 is 27.0. The molecule has 2 N–H and O–H groups in total. The molecule has 0 aliphatic carbocycles. The summed E-state index contributed by atoms with van der Waals surface area (Å²) in [7, 11) is -2.12. The maximum atomic E-state index is 12.8. The summed E-state index contributed by atoms with van der Waals surface area (Å²) in [4.78, 5) is 16.6. The largest absolute Gasteiger partial charge is 0.323 e. The first-order chi connectivity index (χ1) is 10.9. The highest BCUT2D eigenvalue weighted by atomic mass is 32.2. The molecular weight excluding hydrogens is 314 g/mol. The van der Waals surface area contributed by atoms with E-state index in [-0.39, 0.29) is 16.6 Å². The normalized spacial score (nSPS) is 13.5. The Kier molecular flexibility index (Phi) is 3.83.